The molecule has 0 bridgehead atoms. The molecule has 1 aromatic heterocycles. The van der Waals surface area contributed by atoms with Crippen LogP contribution in [0.2, 0.25) is 0 Å². The quantitative estimate of drug-likeness (QED) is 0.691. The molecule has 3 atom stereocenters. The highest BCUT2D eigenvalue weighted by Gasteiger charge is 2.38. The molecule has 4 rings (SSSR count). The lowest BCUT2D eigenvalue weighted by molar-refractivity contribution is -0.0298. The molecule has 2 heterocycles. The molecule has 7 heteroatoms. The number of carbonyl (C=O) groups is 1. The van der Waals surface area contributed by atoms with Crippen molar-refractivity contribution in [2.45, 2.75) is 71.6 Å². The van der Waals surface area contributed by atoms with Gasteiger partial charge in [0.25, 0.3) is 0 Å². The number of nitrogens with zero attached hydrogens (tertiary/aromatic N) is 4. The van der Waals surface area contributed by atoms with Crippen LogP contribution >= 0.6 is 0 Å². The number of benzene rings is 1. The topological polar surface area (TPSA) is 85.2 Å². The van der Waals surface area contributed by atoms with E-state index < -0.39 is 0 Å². The second-order valence-electron chi connectivity index (χ2n) is 10.8. The molecule has 0 spiro atoms. The summed E-state index contributed by atoms with van der Waals surface area (Å²) in [6, 6.07) is 10.1. The number of carbonyl (C=O) groups excluding carboxylic acids is 1. The predicted octanol–water partition coefficient (Wildman–Crippen LogP) is 4.75. The highest BCUT2D eigenvalue weighted by molar-refractivity contribution is 5.68. The summed E-state index contributed by atoms with van der Waals surface area (Å²) in [6.07, 6.45) is 8.61. The molecule has 2 aromatic rings. The smallest absolute Gasteiger partial charge is 0.410 e. The van der Waals surface area contributed by atoms with E-state index in [9.17, 15) is 4.79 Å². The Bertz CT molecular complexity index is 974. The molecule has 1 aliphatic heterocycles. The van der Waals surface area contributed by atoms with Crippen molar-refractivity contribution in [3.05, 3.63) is 53.6 Å². The monoisotopic (exact) mass is 463 g/mol. The summed E-state index contributed by atoms with van der Waals surface area (Å²) in [5.41, 5.74) is 3.03. The third kappa shape index (κ3) is 5.98. The van der Waals surface area contributed by atoms with Gasteiger partial charge in [0, 0.05) is 56.5 Å². The third-order valence-corrected chi connectivity index (χ3v) is 7.41. The maximum Gasteiger partial charge on any atom is 0.410 e. The van der Waals surface area contributed by atoms with E-state index in [1.54, 1.807) is 6.33 Å². The summed E-state index contributed by atoms with van der Waals surface area (Å²) < 4.78 is 6.15. The summed E-state index contributed by atoms with van der Waals surface area (Å²) in [4.78, 5) is 24.9. The van der Waals surface area contributed by atoms with Crippen molar-refractivity contribution in [3.63, 3.8) is 0 Å². The first-order valence-electron chi connectivity index (χ1n) is 12.5. The Morgan fingerprint density at radius 2 is 1.97 bits per heavy atom. The molecule has 7 nitrogen and oxygen atoms in total. The summed E-state index contributed by atoms with van der Waals surface area (Å²) in [5.74, 6) is 0.406. The normalized spacial score (nSPS) is 23.9. The first kappa shape index (κ1) is 24.3. The fraction of sp³-hybridized carbons (Fsp3) is 0.593. The highest BCUT2D eigenvalue weighted by Crippen LogP contribution is 2.39. The van der Waals surface area contributed by atoms with Crippen molar-refractivity contribution >= 4 is 6.09 Å². The Labute approximate surface area is 203 Å². The van der Waals surface area contributed by atoms with Crippen LogP contribution in [-0.2, 0) is 17.7 Å². The Morgan fingerprint density at radius 1 is 1.21 bits per heavy atom. The average molecular weight is 464 g/mol. The number of ether oxygens (including phenoxy) is 1. The van der Waals surface area contributed by atoms with E-state index in [1.165, 1.54) is 12.0 Å². The van der Waals surface area contributed by atoms with Crippen molar-refractivity contribution < 1.29 is 9.53 Å². The van der Waals surface area contributed by atoms with Crippen LogP contribution in [0.1, 0.15) is 63.3 Å². The molecule has 1 amide bonds. The largest absolute Gasteiger partial charge is 0.446 e. The number of hydrogen-bond donors (Lipinski definition) is 1. The van der Waals surface area contributed by atoms with Crippen LogP contribution in [0.25, 0.3) is 0 Å². The fourth-order valence-electron chi connectivity index (χ4n) is 5.46. The van der Waals surface area contributed by atoms with Gasteiger partial charge in [-0.2, -0.15) is 5.26 Å². The van der Waals surface area contributed by atoms with E-state index >= 15 is 0 Å². The second-order valence-corrected chi connectivity index (χ2v) is 10.8. The van der Waals surface area contributed by atoms with Gasteiger partial charge in [-0.1, -0.05) is 39.3 Å². The molecule has 1 aromatic carbocycles. The number of H-pyrrole nitrogens is 1. The van der Waals surface area contributed by atoms with E-state index in [0.29, 0.717) is 24.6 Å². The van der Waals surface area contributed by atoms with Gasteiger partial charge in [0.05, 0.1) is 18.0 Å². The fourth-order valence-corrected chi connectivity index (χ4v) is 5.46. The Hall–Kier alpha value is -2.85. The molecule has 34 heavy (non-hydrogen) atoms. The Kier molecular flexibility index (Phi) is 7.57. The van der Waals surface area contributed by atoms with Gasteiger partial charge in [-0.3, -0.25) is 4.90 Å². The van der Waals surface area contributed by atoms with Crippen LogP contribution in [0.5, 0.6) is 0 Å². The number of rotatable bonds is 5. The molecule has 0 radical (unpaired) electrons. The zero-order valence-corrected chi connectivity index (χ0v) is 20.7. The SMILES string of the molecule is CC(C)(C)C1CCCCC1OC(=O)N1CCN(Cc2ccc(C#N)cc2)C(Cc2cnc[nH]2)C1. The average Bonchev–Trinajstić information content (AvgIpc) is 3.33. The first-order valence-corrected chi connectivity index (χ1v) is 12.5. The molecule has 1 saturated heterocycles. The molecule has 3 unspecified atom stereocenters. The van der Waals surface area contributed by atoms with Crippen molar-refractivity contribution in [2.75, 3.05) is 19.6 Å². The second kappa shape index (κ2) is 10.6. The van der Waals surface area contributed by atoms with E-state index in [-0.39, 0.29) is 23.7 Å². The van der Waals surface area contributed by atoms with Crippen LogP contribution in [0.3, 0.4) is 0 Å². The van der Waals surface area contributed by atoms with E-state index in [0.717, 1.165) is 44.5 Å². The number of aromatic amines is 1. The number of nitrogens with one attached hydrogen (secondary N) is 1. The van der Waals surface area contributed by atoms with Crippen molar-refractivity contribution in [1.29, 1.82) is 5.26 Å². The number of piperazine rings is 1. The third-order valence-electron chi connectivity index (χ3n) is 7.41. The Morgan fingerprint density at radius 3 is 2.65 bits per heavy atom. The standard InChI is InChI=1S/C27H37N5O2/c1-27(2,3)24-6-4-5-7-25(24)34-26(33)32-13-12-31(17-21-10-8-20(15-28)9-11-21)23(18-32)14-22-16-29-19-30-22/h8-11,16,19,23-25H,4-7,12-14,17-18H2,1-3H3,(H,29,30). The van der Waals surface area contributed by atoms with Crippen LogP contribution in [0, 0.1) is 22.7 Å². The number of hydrogen-bond acceptors (Lipinski definition) is 5. The minimum absolute atomic E-state index is 0.00369. The van der Waals surface area contributed by atoms with Gasteiger partial charge in [-0.15, -0.1) is 0 Å². The van der Waals surface area contributed by atoms with Crippen molar-refractivity contribution in [3.8, 4) is 6.07 Å². The molecule has 2 aliphatic rings. The first-order chi connectivity index (χ1) is 16.3. The summed E-state index contributed by atoms with van der Waals surface area (Å²) >= 11 is 0. The highest BCUT2D eigenvalue weighted by atomic mass is 16.6. The summed E-state index contributed by atoms with van der Waals surface area (Å²) in [7, 11) is 0. The van der Waals surface area contributed by atoms with Gasteiger partial charge in [0.15, 0.2) is 0 Å². The van der Waals surface area contributed by atoms with Crippen LogP contribution in [-0.4, -0.2) is 57.6 Å². The molecule has 182 valence electrons. The Balaban J connectivity index is 1.43. The zero-order valence-electron chi connectivity index (χ0n) is 20.7. The van der Waals surface area contributed by atoms with Crippen LogP contribution < -0.4 is 0 Å². The van der Waals surface area contributed by atoms with Gasteiger partial charge < -0.3 is 14.6 Å². The van der Waals surface area contributed by atoms with E-state index in [4.69, 9.17) is 10.00 Å². The van der Waals surface area contributed by atoms with Crippen molar-refractivity contribution in [2.24, 2.45) is 11.3 Å². The maximum absolute atomic E-state index is 13.3. The molecule has 1 aliphatic carbocycles. The van der Waals surface area contributed by atoms with Gasteiger partial charge in [0.1, 0.15) is 6.10 Å². The van der Waals surface area contributed by atoms with Gasteiger partial charge >= 0.3 is 6.09 Å². The van der Waals surface area contributed by atoms with Crippen LogP contribution in [0.15, 0.2) is 36.8 Å². The van der Waals surface area contributed by atoms with Crippen molar-refractivity contribution in [1.82, 2.24) is 19.8 Å². The predicted molar refractivity (Wildman–Crippen MR) is 131 cm³/mol. The number of nitriles is 1. The lowest BCUT2D eigenvalue weighted by atomic mass is 9.71. The molecular formula is C27H37N5O2. The van der Waals surface area contributed by atoms with E-state index in [1.807, 2.05) is 35.4 Å². The van der Waals surface area contributed by atoms with Gasteiger partial charge in [0.2, 0.25) is 0 Å². The number of aromatic nitrogens is 2. The lowest BCUT2D eigenvalue weighted by Crippen LogP contribution is -2.56. The van der Waals surface area contributed by atoms with Gasteiger partial charge in [-0.25, -0.2) is 9.78 Å². The molecule has 2 fully saturated rings. The summed E-state index contributed by atoms with van der Waals surface area (Å²) in [5, 5.41) is 9.08. The molecule has 1 saturated carbocycles. The number of imidazole rings is 1. The molecular weight excluding hydrogens is 426 g/mol. The minimum atomic E-state index is -0.172. The zero-order chi connectivity index (χ0) is 24.1. The summed E-state index contributed by atoms with van der Waals surface area (Å²) in [6.45, 7) is 9.61. The maximum atomic E-state index is 13.3. The van der Waals surface area contributed by atoms with Crippen LogP contribution in [0.4, 0.5) is 4.79 Å². The molecule has 1 N–H and O–H groups in total. The lowest BCUT2D eigenvalue weighted by Gasteiger charge is -2.43. The minimum Gasteiger partial charge on any atom is -0.446 e. The number of amides is 1. The van der Waals surface area contributed by atoms with E-state index in [2.05, 4.69) is 41.7 Å². The van der Waals surface area contributed by atoms with Gasteiger partial charge in [-0.05, 0) is 42.4 Å².